The third-order valence-corrected chi connectivity index (χ3v) is 3.83. The molecule has 0 aliphatic heterocycles. The van der Waals surface area contributed by atoms with Gasteiger partial charge in [0, 0.05) is 5.54 Å². The monoisotopic (exact) mass is 253 g/mol. The van der Waals surface area contributed by atoms with Crippen molar-refractivity contribution >= 4 is 5.97 Å². The molecule has 0 saturated carbocycles. The lowest BCUT2D eigenvalue weighted by molar-refractivity contribution is 0.0550. The standard InChI is InChI=1S/C14H23NO3/c1-7-14(3,4)15(5)10(2)11-8-9-12(18-11)13(16)17-6/h8-10H,7H2,1-6H3. The van der Waals surface area contributed by atoms with Gasteiger partial charge in [0.05, 0.1) is 13.2 Å². The number of carbonyl (C=O) groups excluding carboxylic acids is 1. The number of ether oxygens (including phenoxy) is 1. The maximum Gasteiger partial charge on any atom is 0.373 e. The second-order valence-corrected chi connectivity index (χ2v) is 5.15. The SMILES string of the molecule is CCC(C)(C)N(C)C(C)c1ccc(C(=O)OC)o1. The van der Waals surface area contributed by atoms with Crippen LogP contribution in [0.4, 0.5) is 0 Å². The number of hydrogen-bond acceptors (Lipinski definition) is 4. The molecule has 1 atom stereocenters. The van der Waals surface area contributed by atoms with Gasteiger partial charge in [0.25, 0.3) is 0 Å². The number of nitrogens with zero attached hydrogens (tertiary/aromatic N) is 1. The highest BCUT2D eigenvalue weighted by Crippen LogP contribution is 2.29. The maximum absolute atomic E-state index is 11.3. The molecule has 0 amide bonds. The molecule has 1 rings (SSSR count). The molecule has 18 heavy (non-hydrogen) atoms. The Hall–Kier alpha value is -1.29. The molecular formula is C14H23NO3. The van der Waals surface area contributed by atoms with Crippen molar-refractivity contribution in [3.8, 4) is 0 Å². The van der Waals surface area contributed by atoms with Gasteiger partial charge >= 0.3 is 5.97 Å². The van der Waals surface area contributed by atoms with Crippen LogP contribution >= 0.6 is 0 Å². The van der Waals surface area contributed by atoms with Crippen LogP contribution in [0.25, 0.3) is 0 Å². The number of hydrogen-bond donors (Lipinski definition) is 0. The van der Waals surface area contributed by atoms with E-state index in [2.05, 4.69) is 44.4 Å². The molecule has 0 N–H and O–H groups in total. The lowest BCUT2D eigenvalue weighted by atomic mass is 9.97. The summed E-state index contributed by atoms with van der Waals surface area (Å²) in [6, 6.07) is 3.60. The fourth-order valence-electron chi connectivity index (χ4n) is 1.75. The highest BCUT2D eigenvalue weighted by molar-refractivity contribution is 5.86. The lowest BCUT2D eigenvalue weighted by Crippen LogP contribution is -2.41. The topological polar surface area (TPSA) is 42.7 Å². The van der Waals surface area contributed by atoms with E-state index in [9.17, 15) is 4.79 Å². The molecule has 0 bridgehead atoms. The molecule has 102 valence electrons. The van der Waals surface area contributed by atoms with Crippen molar-refractivity contribution in [3.05, 3.63) is 23.7 Å². The van der Waals surface area contributed by atoms with Crippen LogP contribution < -0.4 is 0 Å². The van der Waals surface area contributed by atoms with Gasteiger partial charge in [0.2, 0.25) is 5.76 Å². The molecule has 0 fully saturated rings. The summed E-state index contributed by atoms with van der Waals surface area (Å²) >= 11 is 0. The quantitative estimate of drug-likeness (QED) is 0.755. The third-order valence-electron chi connectivity index (χ3n) is 3.83. The average Bonchev–Trinajstić information content (AvgIpc) is 2.85. The largest absolute Gasteiger partial charge is 0.463 e. The Balaban J connectivity index is 2.88. The Bertz CT molecular complexity index is 409. The minimum absolute atomic E-state index is 0.0810. The zero-order valence-corrected chi connectivity index (χ0v) is 12.1. The van der Waals surface area contributed by atoms with Crippen molar-refractivity contribution in [1.29, 1.82) is 0 Å². The molecule has 1 heterocycles. The number of furan rings is 1. The van der Waals surface area contributed by atoms with E-state index in [1.165, 1.54) is 7.11 Å². The summed E-state index contributed by atoms with van der Waals surface area (Å²) < 4.78 is 10.2. The van der Waals surface area contributed by atoms with Crippen molar-refractivity contribution in [1.82, 2.24) is 4.90 Å². The summed E-state index contributed by atoms with van der Waals surface area (Å²) in [5.41, 5.74) is 0.0810. The smallest absolute Gasteiger partial charge is 0.373 e. The van der Waals surface area contributed by atoms with Crippen LogP contribution in [0.15, 0.2) is 16.5 Å². The van der Waals surface area contributed by atoms with E-state index in [0.29, 0.717) is 0 Å². The van der Waals surface area contributed by atoms with E-state index in [4.69, 9.17) is 4.42 Å². The molecule has 0 aliphatic rings. The lowest BCUT2D eigenvalue weighted by Gasteiger charge is -2.38. The normalized spacial score (nSPS) is 13.7. The Morgan fingerprint density at radius 3 is 2.61 bits per heavy atom. The molecule has 0 spiro atoms. The minimum Gasteiger partial charge on any atom is -0.463 e. The summed E-state index contributed by atoms with van der Waals surface area (Å²) in [4.78, 5) is 13.6. The highest BCUT2D eigenvalue weighted by Gasteiger charge is 2.28. The Morgan fingerprint density at radius 2 is 2.11 bits per heavy atom. The first-order valence-corrected chi connectivity index (χ1v) is 6.24. The number of esters is 1. The maximum atomic E-state index is 11.3. The molecule has 0 radical (unpaired) electrons. The summed E-state index contributed by atoms with van der Waals surface area (Å²) in [6.07, 6.45) is 1.04. The Kier molecular flexibility index (Phi) is 4.57. The van der Waals surface area contributed by atoms with Crippen molar-refractivity contribution in [3.63, 3.8) is 0 Å². The molecular weight excluding hydrogens is 230 g/mol. The van der Waals surface area contributed by atoms with Crippen molar-refractivity contribution in [2.75, 3.05) is 14.2 Å². The highest BCUT2D eigenvalue weighted by atomic mass is 16.5. The van der Waals surface area contributed by atoms with Crippen LogP contribution in [-0.2, 0) is 4.74 Å². The summed E-state index contributed by atoms with van der Waals surface area (Å²) in [5.74, 6) is 0.590. The minimum atomic E-state index is -0.439. The van der Waals surface area contributed by atoms with Gasteiger partial charge in [0.15, 0.2) is 0 Å². The van der Waals surface area contributed by atoms with E-state index in [1.807, 2.05) is 6.07 Å². The van der Waals surface area contributed by atoms with Crippen LogP contribution in [0.2, 0.25) is 0 Å². The van der Waals surface area contributed by atoms with Gasteiger partial charge in [-0.05, 0) is 46.4 Å². The first-order valence-electron chi connectivity index (χ1n) is 6.24. The Morgan fingerprint density at radius 1 is 1.50 bits per heavy atom. The van der Waals surface area contributed by atoms with Gasteiger partial charge in [-0.15, -0.1) is 0 Å². The summed E-state index contributed by atoms with van der Waals surface area (Å²) in [5, 5.41) is 0. The van der Waals surface area contributed by atoms with Gasteiger partial charge in [0.1, 0.15) is 5.76 Å². The van der Waals surface area contributed by atoms with E-state index in [1.54, 1.807) is 6.07 Å². The Labute approximate surface area is 109 Å². The second kappa shape index (κ2) is 5.57. The molecule has 1 unspecified atom stereocenters. The van der Waals surface area contributed by atoms with Gasteiger partial charge in [-0.1, -0.05) is 6.92 Å². The van der Waals surface area contributed by atoms with Crippen LogP contribution in [0.5, 0.6) is 0 Å². The molecule has 0 aromatic carbocycles. The van der Waals surface area contributed by atoms with E-state index >= 15 is 0 Å². The predicted octanol–water partition coefficient (Wildman–Crippen LogP) is 3.25. The zero-order chi connectivity index (χ0) is 13.9. The average molecular weight is 253 g/mol. The second-order valence-electron chi connectivity index (χ2n) is 5.15. The first-order chi connectivity index (χ1) is 8.33. The van der Waals surface area contributed by atoms with Crippen LogP contribution in [0.1, 0.15) is 56.5 Å². The van der Waals surface area contributed by atoms with Gasteiger partial charge in [-0.25, -0.2) is 4.79 Å². The molecule has 1 aromatic rings. The van der Waals surface area contributed by atoms with E-state index in [0.717, 1.165) is 12.2 Å². The van der Waals surface area contributed by atoms with E-state index in [-0.39, 0.29) is 17.3 Å². The van der Waals surface area contributed by atoms with Crippen molar-refractivity contribution in [2.24, 2.45) is 0 Å². The van der Waals surface area contributed by atoms with Crippen molar-refractivity contribution < 1.29 is 13.9 Å². The summed E-state index contributed by atoms with van der Waals surface area (Å²) in [6.45, 7) is 8.60. The number of carbonyl (C=O) groups is 1. The van der Waals surface area contributed by atoms with Crippen LogP contribution in [0.3, 0.4) is 0 Å². The number of methoxy groups -OCH3 is 1. The number of rotatable bonds is 5. The van der Waals surface area contributed by atoms with Crippen LogP contribution in [0, 0.1) is 0 Å². The fraction of sp³-hybridized carbons (Fsp3) is 0.643. The fourth-order valence-corrected chi connectivity index (χ4v) is 1.75. The zero-order valence-electron chi connectivity index (χ0n) is 12.1. The first kappa shape index (κ1) is 14.8. The molecule has 4 heteroatoms. The van der Waals surface area contributed by atoms with Crippen molar-refractivity contribution in [2.45, 2.75) is 45.7 Å². The predicted molar refractivity (Wildman–Crippen MR) is 70.6 cm³/mol. The van der Waals surface area contributed by atoms with E-state index < -0.39 is 5.97 Å². The third kappa shape index (κ3) is 2.93. The van der Waals surface area contributed by atoms with Crippen LogP contribution in [-0.4, -0.2) is 30.6 Å². The van der Waals surface area contributed by atoms with Gasteiger partial charge in [-0.3, -0.25) is 4.90 Å². The molecule has 1 aromatic heterocycles. The molecule has 0 saturated heterocycles. The molecule has 4 nitrogen and oxygen atoms in total. The summed E-state index contributed by atoms with van der Waals surface area (Å²) in [7, 11) is 3.41. The molecule has 0 aliphatic carbocycles. The van der Waals surface area contributed by atoms with Gasteiger partial charge < -0.3 is 9.15 Å². The van der Waals surface area contributed by atoms with Gasteiger partial charge in [-0.2, -0.15) is 0 Å².